The average Bonchev–Trinajstić information content (AvgIpc) is 2.57. The SMILES string of the molecule is Cc1ccc(C(=O)Nc2ccc(N3CCNCC3)cn2)cc1.Cl. The molecule has 0 bridgehead atoms. The fraction of sp³-hybridized carbons (Fsp3) is 0.294. The van der Waals surface area contributed by atoms with Gasteiger partial charge in [-0.15, -0.1) is 12.4 Å². The Morgan fingerprint density at radius 1 is 1.13 bits per heavy atom. The van der Waals surface area contributed by atoms with Gasteiger partial charge < -0.3 is 15.5 Å². The zero-order valence-electron chi connectivity index (χ0n) is 13.1. The van der Waals surface area contributed by atoms with Gasteiger partial charge >= 0.3 is 0 Å². The van der Waals surface area contributed by atoms with Gasteiger partial charge in [0.15, 0.2) is 0 Å². The standard InChI is InChI=1S/C17H20N4O.ClH/c1-13-2-4-14(5-3-13)17(22)20-16-7-6-15(12-19-16)21-10-8-18-9-11-21;/h2-7,12,18H,8-11H2,1H3,(H,19,20,22);1H. The van der Waals surface area contributed by atoms with Crippen molar-refractivity contribution >= 4 is 29.8 Å². The predicted octanol–water partition coefficient (Wildman–Crippen LogP) is 2.47. The molecule has 0 spiro atoms. The first-order valence-corrected chi connectivity index (χ1v) is 7.52. The van der Waals surface area contributed by atoms with Crippen LogP contribution in [0.25, 0.3) is 0 Å². The smallest absolute Gasteiger partial charge is 0.256 e. The molecule has 122 valence electrons. The first-order chi connectivity index (χ1) is 10.7. The highest BCUT2D eigenvalue weighted by Gasteiger charge is 2.11. The van der Waals surface area contributed by atoms with Crippen molar-refractivity contribution in [1.82, 2.24) is 10.3 Å². The fourth-order valence-electron chi connectivity index (χ4n) is 2.46. The molecule has 6 heteroatoms. The summed E-state index contributed by atoms with van der Waals surface area (Å²) in [5.41, 5.74) is 2.86. The lowest BCUT2D eigenvalue weighted by Gasteiger charge is -2.29. The number of halogens is 1. The highest BCUT2D eigenvalue weighted by molar-refractivity contribution is 6.03. The number of hydrogen-bond acceptors (Lipinski definition) is 4. The average molecular weight is 333 g/mol. The number of nitrogens with one attached hydrogen (secondary N) is 2. The van der Waals surface area contributed by atoms with E-state index in [0.717, 1.165) is 37.4 Å². The molecule has 5 nitrogen and oxygen atoms in total. The van der Waals surface area contributed by atoms with Crippen LogP contribution in [0.3, 0.4) is 0 Å². The maximum Gasteiger partial charge on any atom is 0.256 e. The molecule has 1 aliphatic heterocycles. The van der Waals surface area contributed by atoms with E-state index in [1.165, 1.54) is 0 Å². The number of carbonyl (C=O) groups excluding carboxylic acids is 1. The Kier molecular flexibility index (Phi) is 5.96. The number of rotatable bonds is 3. The molecule has 0 atom stereocenters. The highest BCUT2D eigenvalue weighted by Crippen LogP contribution is 2.16. The summed E-state index contributed by atoms with van der Waals surface area (Å²) in [6.45, 7) is 5.95. The Morgan fingerprint density at radius 3 is 2.43 bits per heavy atom. The van der Waals surface area contributed by atoms with Crippen LogP contribution in [0.15, 0.2) is 42.6 Å². The molecule has 1 aromatic heterocycles. The third kappa shape index (κ3) is 4.43. The number of aryl methyl sites for hydroxylation is 1. The van der Waals surface area contributed by atoms with E-state index >= 15 is 0 Å². The third-order valence-electron chi connectivity index (χ3n) is 3.79. The van der Waals surface area contributed by atoms with Crippen LogP contribution in [0.4, 0.5) is 11.5 Å². The van der Waals surface area contributed by atoms with Crippen LogP contribution in [0.1, 0.15) is 15.9 Å². The van der Waals surface area contributed by atoms with Crippen LogP contribution in [-0.4, -0.2) is 37.1 Å². The Hall–Kier alpha value is -2.11. The molecule has 0 saturated carbocycles. The van der Waals surface area contributed by atoms with Crippen LogP contribution in [-0.2, 0) is 0 Å². The molecular formula is C17H21ClN4O. The minimum absolute atomic E-state index is 0. The minimum atomic E-state index is -0.137. The monoisotopic (exact) mass is 332 g/mol. The van der Waals surface area contributed by atoms with Crippen LogP contribution >= 0.6 is 12.4 Å². The summed E-state index contributed by atoms with van der Waals surface area (Å²) in [6.07, 6.45) is 1.82. The van der Waals surface area contributed by atoms with Crippen LogP contribution in [0.2, 0.25) is 0 Å². The van der Waals surface area contributed by atoms with E-state index in [-0.39, 0.29) is 18.3 Å². The number of hydrogen-bond donors (Lipinski definition) is 2. The number of benzene rings is 1. The molecule has 23 heavy (non-hydrogen) atoms. The lowest BCUT2D eigenvalue weighted by molar-refractivity contribution is 0.102. The molecule has 0 unspecified atom stereocenters. The van der Waals surface area contributed by atoms with Gasteiger partial charge in [0, 0.05) is 31.7 Å². The molecular weight excluding hydrogens is 312 g/mol. The van der Waals surface area contributed by atoms with Gasteiger partial charge in [-0.3, -0.25) is 4.79 Å². The topological polar surface area (TPSA) is 57.3 Å². The van der Waals surface area contributed by atoms with Crippen molar-refractivity contribution in [1.29, 1.82) is 0 Å². The molecule has 2 heterocycles. The van der Waals surface area contributed by atoms with Gasteiger partial charge in [0.25, 0.3) is 5.91 Å². The fourth-order valence-corrected chi connectivity index (χ4v) is 2.46. The van der Waals surface area contributed by atoms with Gasteiger partial charge in [0.1, 0.15) is 5.82 Å². The summed E-state index contributed by atoms with van der Waals surface area (Å²) in [7, 11) is 0. The number of nitrogens with zero attached hydrogens (tertiary/aromatic N) is 2. The first kappa shape index (κ1) is 17.2. The van der Waals surface area contributed by atoms with Gasteiger partial charge in [0.05, 0.1) is 11.9 Å². The number of piperazine rings is 1. The minimum Gasteiger partial charge on any atom is -0.368 e. The summed E-state index contributed by atoms with van der Waals surface area (Å²) in [5.74, 6) is 0.437. The second-order valence-corrected chi connectivity index (χ2v) is 5.46. The van der Waals surface area contributed by atoms with Gasteiger partial charge in [-0.2, -0.15) is 0 Å². The zero-order valence-corrected chi connectivity index (χ0v) is 13.9. The zero-order chi connectivity index (χ0) is 15.4. The Bertz CT molecular complexity index is 637. The van der Waals surface area contributed by atoms with E-state index in [9.17, 15) is 4.79 Å². The van der Waals surface area contributed by atoms with Gasteiger partial charge in [0.2, 0.25) is 0 Å². The Morgan fingerprint density at radius 2 is 1.83 bits per heavy atom. The maximum atomic E-state index is 12.1. The van der Waals surface area contributed by atoms with Crippen molar-refractivity contribution in [2.24, 2.45) is 0 Å². The summed E-state index contributed by atoms with van der Waals surface area (Å²) < 4.78 is 0. The molecule has 2 N–H and O–H groups in total. The predicted molar refractivity (Wildman–Crippen MR) is 95.7 cm³/mol. The molecule has 0 radical (unpaired) electrons. The second kappa shape index (κ2) is 7.94. The Labute approximate surface area is 142 Å². The molecule has 1 aromatic carbocycles. The number of pyridine rings is 1. The van der Waals surface area contributed by atoms with E-state index in [0.29, 0.717) is 11.4 Å². The van der Waals surface area contributed by atoms with E-state index < -0.39 is 0 Å². The van der Waals surface area contributed by atoms with Crippen molar-refractivity contribution in [3.05, 3.63) is 53.7 Å². The highest BCUT2D eigenvalue weighted by atomic mass is 35.5. The first-order valence-electron chi connectivity index (χ1n) is 7.52. The number of amides is 1. The Balaban J connectivity index is 0.00000192. The second-order valence-electron chi connectivity index (χ2n) is 5.46. The van der Waals surface area contributed by atoms with Crippen LogP contribution in [0.5, 0.6) is 0 Å². The van der Waals surface area contributed by atoms with E-state index in [1.807, 2.05) is 49.5 Å². The van der Waals surface area contributed by atoms with Crippen molar-refractivity contribution in [3.63, 3.8) is 0 Å². The third-order valence-corrected chi connectivity index (χ3v) is 3.79. The van der Waals surface area contributed by atoms with Crippen molar-refractivity contribution < 1.29 is 4.79 Å². The molecule has 1 aliphatic rings. The summed E-state index contributed by atoms with van der Waals surface area (Å²) in [4.78, 5) is 18.8. The lowest BCUT2D eigenvalue weighted by Crippen LogP contribution is -2.43. The largest absolute Gasteiger partial charge is 0.368 e. The summed E-state index contributed by atoms with van der Waals surface area (Å²) >= 11 is 0. The van der Waals surface area contributed by atoms with Crippen molar-refractivity contribution in [3.8, 4) is 0 Å². The van der Waals surface area contributed by atoms with E-state index in [1.54, 1.807) is 0 Å². The summed E-state index contributed by atoms with van der Waals surface area (Å²) in [6, 6.07) is 11.3. The van der Waals surface area contributed by atoms with Crippen LogP contribution < -0.4 is 15.5 Å². The molecule has 0 aliphatic carbocycles. The molecule has 2 aromatic rings. The maximum absolute atomic E-state index is 12.1. The molecule has 1 saturated heterocycles. The van der Waals surface area contributed by atoms with E-state index in [2.05, 4.69) is 20.5 Å². The van der Waals surface area contributed by atoms with E-state index in [4.69, 9.17) is 0 Å². The number of anilines is 2. The summed E-state index contributed by atoms with van der Waals surface area (Å²) in [5, 5.41) is 6.15. The van der Waals surface area contributed by atoms with Gasteiger partial charge in [-0.05, 0) is 31.2 Å². The molecule has 1 amide bonds. The molecule has 1 fully saturated rings. The van der Waals surface area contributed by atoms with Gasteiger partial charge in [-0.1, -0.05) is 17.7 Å². The number of carbonyl (C=O) groups is 1. The lowest BCUT2D eigenvalue weighted by atomic mass is 10.1. The molecule has 3 rings (SSSR count). The van der Waals surface area contributed by atoms with Crippen molar-refractivity contribution in [2.45, 2.75) is 6.92 Å². The quantitative estimate of drug-likeness (QED) is 0.906. The normalized spacial score (nSPS) is 14.0. The van der Waals surface area contributed by atoms with Gasteiger partial charge in [-0.25, -0.2) is 4.98 Å². The van der Waals surface area contributed by atoms with Crippen molar-refractivity contribution in [2.75, 3.05) is 36.4 Å². The van der Waals surface area contributed by atoms with Crippen LogP contribution in [0, 0.1) is 6.92 Å². The number of aromatic nitrogens is 1.